The Balaban J connectivity index is 1.58. The summed E-state index contributed by atoms with van der Waals surface area (Å²) in [5.74, 6) is 1.59. The van der Waals surface area contributed by atoms with E-state index in [1.807, 2.05) is 36.1 Å². The average Bonchev–Trinajstić information content (AvgIpc) is 3.01. The smallest absolute Gasteiger partial charge is 0.277 e. The predicted octanol–water partition coefficient (Wildman–Crippen LogP) is 3.40. The van der Waals surface area contributed by atoms with E-state index in [0.29, 0.717) is 22.8 Å². The monoisotopic (exact) mass is 331 g/mol. The summed E-state index contributed by atoms with van der Waals surface area (Å²) in [6.45, 7) is 5.94. The minimum absolute atomic E-state index is 0.150. The summed E-state index contributed by atoms with van der Waals surface area (Å²) < 4.78 is 5.65. The van der Waals surface area contributed by atoms with Crippen LogP contribution in [-0.4, -0.2) is 39.8 Å². The van der Waals surface area contributed by atoms with Crippen LogP contribution in [0.3, 0.4) is 0 Å². The van der Waals surface area contributed by atoms with Crippen LogP contribution >= 0.6 is 11.8 Å². The van der Waals surface area contributed by atoms with Gasteiger partial charge in [0.15, 0.2) is 0 Å². The van der Waals surface area contributed by atoms with Gasteiger partial charge in [-0.15, -0.1) is 10.2 Å². The fraction of sp³-hybridized carbons (Fsp3) is 0.471. The summed E-state index contributed by atoms with van der Waals surface area (Å²) >= 11 is 1.31. The molecule has 0 aliphatic carbocycles. The highest BCUT2D eigenvalue weighted by Gasteiger charge is 2.21. The second-order valence-electron chi connectivity index (χ2n) is 6.12. The third-order valence-corrected chi connectivity index (χ3v) is 4.80. The molecule has 1 aromatic carbocycles. The number of carbonyl (C=O) groups is 1. The van der Waals surface area contributed by atoms with Crippen molar-refractivity contribution in [2.75, 3.05) is 18.8 Å². The first-order chi connectivity index (χ1) is 11.1. The number of hydrogen-bond acceptors (Lipinski definition) is 5. The zero-order chi connectivity index (χ0) is 16.2. The molecule has 1 amide bonds. The van der Waals surface area contributed by atoms with Crippen LogP contribution in [-0.2, 0) is 4.79 Å². The molecule has 0 bridgehead atoms. The molecular weight excluding hydrogens is 310 g/mol. The lowest BCUT2D eigenvalue weighted by molar-refractivity contribution is -0.130. The largest absolute Gasteiger partial charge is 0.411 e. The van der Waals surface area contributed by atoms with E-state index < -0.39 is 0 Å². The molecule has 6 heteroatoms. The number of piperidine rings is 1. The number of carbonyl (C=O) groups excluding carboxylic acids is 1. The van der Waals surface area contributed by atoms with Gasteiger partial charge in [0, 0.05) is 18.7 Å². The Kier molecular flexibility index (Phi) is 5.00. The van der Waals surface area contributed by atoms with E-state index in [1.165, 1.54) is 18.2 Å². The molecule has 3 rings (SSSR count). The summed E-state index contributed by atoms with van der Waals surface area (Å²) in [5, 5.41) is 8.54. The summed E-state index contributed by atoms with van der Waals surface area (Å²) in [4.78, 5) is 14.2. The van der Waals surface area contributed by atoms with Gasteiger partial charge in [-0.1, -0.05) is 36.4 Å². The van der Waals surface area contributed by atoms with E-state index in [9.17, 15) is 4.79 Å². The lowest BCUT2D eigenvalue weighted by atomic mass is 10.0. The molecule has 0 radical (unpaired) electrons. The van der Waals surface area contributed by atoms with Gasteiger partial charge < -0.3 is 9.32 Å². The first-order valence-corrected chi connectivity index (χ1v) is 8.91. The highest BCUT2D eigenvalue weighted by atomic mass is 32.2. The van der Waals surface area contributed by atoms with Gasteiger partial charge >= 0.3 is 0 Å². The molecule has 5 nitrogen and oxygen atoms in total. The predicted molar refractivity (Wildman–Crippen MR) is 90.2 cm³/mol. The van der Waals surface area contributed by atoms with Gasteiger partial charge in [-0.3, -0.25) is 4.79 Å². The van der Waals surface area contributed by atoms with E-state index in [1.54, 1.807) is 0 Å². The van der Waals surface area contributed by atoms with Gasteiger partial charge in [0.2, 0.25) is 11.8 Å². The van der Waals surface area contributed by atoms with E-state index in [2.05, 4.69) is 17.1 Å². The van der Waals surface area contributed by atoms with Crippen LogP contribution in [0.5, 0.6) is 0 Å². The topological polar surface area (TPSA) is 59.2 Å². The summed E-state index contributed by atoms with van der Waals surface area (Å²) in [5.41, 5.74) is 2.05. The van der Waals surface area contributed by atoms with Crippen molar-refractivity contribution in [3.05, 3.63) is 29.8 Å². The van der Waals surface area contributed by atoms with Crippen LogP contribution in [0.1, 0.15) is 25.3 Å². The summed E-state index contributed by atoms with van der Waals surface area (Å²) in [6.07, 6.45) is 2.30. The van der Waals surface area contributed by atoms with Crippen LogP contribution in [0.15, 0.2) is 33.9 Å². The molecule has 0 unspecified atom stereocenters. The quantitative estimate of drug-likeness (QED) is 0.804. The Hall–Kier alpha value is -1.82. The number of benzene rings is 1. The van der Waals surface area contributed by atoms with Gasteiger partial charge in [0.1, 0.15) is 0 Å². The molecule has 0 spiro atoms. The standard InChI is InChI=1S/C17H21N3O2S/c1-12-5-3-7-14(9-12)16-18-19-17(22-16)23-11-15(21)20-8-4-6-13(2)10-20/h3,5,7,9,13H,4,6,8,10-11H2,1-2H3/t13-/m1/s1. The van der Waals surface area contributed by atoms with Crippen LogP contribution in [0, 0.1) is 12.8 Å². The van der Waals surface area contributed by atoms with E-state index in [-0.39, 0.29) is 5.91 Å². The van der Waals surface area contributed by atoms with E-state index in [4.69, 9.17) is 4.42 Å². The van der Waals surface area contributed by atoms with Crippen molar-refractivity contribution in [1.82, 2.24) is 15.1 Å². The van der Waals surface area contributed by atoms with Gasteiger partial charge in [-0.2, -0.15) is 0 Å². The van der Waals surface area contributed by atoms with Crippen molar-refractivity contribution >= 4 is 17.7 Å². The van der Waals surface area contributed by atoms with Crippen molar-refractivity contribution in [2.24, 2.45) is 5.92 Å². The fourth-order valence-electron chi connectivity index (χ4n) is 2.79. The minimum atomic E-state index is 0.150. The van der Waals surface area contributed by atoms with Crippen LogP contribution in [0.25, 0.3) is 11.5 Å². The highest BCUT2D eigenvalue weighted by molar-refractivity contribution is 7.99. The Morgan fingerprint density at radius 2 is 2.30 bits per heavy atom. The molecule has 2 aromatic rings. The number of aromatic nitrogens is 2. The molecular formula is C17H21N3O2S. The Bertz CT molecular complexity index is 686. The van der Waals surface area contributed by atoms with E-state index >= 15 is 0 Å². The van der Waals surface area contributed by atoms with Gasteiger partial charge in [-0.05, 0) is 37.8 Å². The maximum Gasteiger partial charge on any atom is 0.277 e. The Morgan fingerprint density at radius 3 is 3.09 bits per heavy atom. The van der Waals surface area contributed by atoms with Crippen LogP contribution < -0.4 is 0 Å². The highest BCUT2D eigenvalue weighted by Crippen LogP contribution is 2.24. The summed E-state index contributed by atoms with van der Waals surface area (Å²) in [6, 6.07) is 7.92. The molecule has 1 atom stereocenters. The molecule has 1 saturated heterocycles. The normalized spacial score (nSPS) is 18.2. The minimum Gasteiger partial charge on any atom is -0.411 e. The van der Waals surface area contributed by atoms with Crippen LogP contribution in [0.2, 0.25) is 0 Å². The second kappa shape index (κ2) is 7.17. The van der Waals surface area contributed by atoms with Crippen LogP contribution in [0.4, 0.5) is 0 Å². The molecule has 2 heterocycles. The zero-order valence-electron chi connectivity index (χ0n) is 13.5. The number of rotatable bonds is 4. The lowest BCUT2D eigenvalue weighted by Crippen LogP contribution is -2.40. The fourth-order valence-corrected chi connectivity index (χ4v) is 3.46. The number of likely N-dealkylation sites (tertiary alicyclic amines) is 1. The second-order valence-corrected chi connectivity index (χ2v) is 7.05. The number of nitrogens with zero attached hydrogens (tertiary/aromatic N) is 3. The van der Waals surface area contributed by atoms with Gasteiger partial charge in [-0.25, -0.2) is 0 Å². The Labute approximate surface area is 140 Å². The van der Waals surface area contributed by atoms with Crippen molar-refractivity contribution in [2.45, 2.75) is 31.9 Å². The maximum atomic E-state index is 12.3. The van der Waals surface area contributed by atoms with Crippen molar-refractivity contribution in [1.29, 1.82) is 0 Å². The maximum absolute atomic E-state index is 12.3. The first kappa shape index (κ1) is 16.1. The van der Waals surface area contributed by atoms with E-state index in [0.717, 1.165) is 30.6 Å². The molecule has 122 valence electrons. The molecule has 1 aliphatic rings. The molecule has 23 heavy (non-hydrogen) atoms. The molecule has 1 fully saturated rings. The van der Waals surface area contributed by atoms with Gasteiger partial charge in [0.25, 0.3) is 5.22 Å². The average molecular weight is 331 g/mol. The molecule has 1 aliphatic heterocycles. The molecule has 1 aromatic heterocycles. The van der Waals surface area contributed by atoms with Crippen molar-refractivity contribution < 1.29 is 9.21 Å². The number of aryl methyl sites for hydroxylation is 1. The van der Waals surface area contributed by atoms with Crippen molar-refractivity contribution in [3.63, 3.8) is 0 Å². The number of thioether (sulfide) groups is 1. The SMILES string of the molecule is Cc1cccc(-c2nnc(SCC(=O)N3CCC[C@@H](C)C3)o2)c1. The molecule has 0 N–H and O–H groups in total. The van der Waals surface area contributed by atoms with Gasteiger partial charge in [0.05, 0.1) is 5.75 Å². The third kappa shape index (κ3) is 4.13. The number of hydrogen-bond donors (Lipinski definition) is 0. The third-order valence-electron chi connectivity index (χ3n) is 4.00. The Morgan fingerprint density at radius 1 is 1.43 bits per heavy atom. The van der Waals surface area contributed by atoms with Crippen molar-refractivity contribution in [3.8, 4) is 11.5 Å². The zero-order valence-corrected chi connectivity index (χ0v) is 14.3. The molecule has 0 saturated carbocycles. The lowest BCUT2D eigenvalue weighted by Gasteiger charge is -2.30. The summed E-state index contributed by atoms with van der Waals surface area (Å²) in [7, 11) is 0. The first-order valence-electron chi connectivity index (χ1n) is 7.93. The number of amides is 1.